The Morgan fingerprint density at radius 3 is 2.59 bits per heavy atom. The molecule has 0 bridgehead atoms. The highest BCUT2D eigenvalue weighted by Crippen LogP contribution is 2.33. The van der Waals surface area contributed by atoms with Crippen LogP contribution in [0.4, 0.5) is 19.0 Å². The monoisotopic (exact) mass is 382 g/mol. The van der Waals surface area contributed by atoms with E-state index in [4.69, 9.17) is 11.6 Å². The first-order chi connectivity index (χ1) is 7.76. The fourth-order valence-corrected chi connectivity index (χ4v) is 2.25. The second kappa shape index (κ2) is 5.21. The van der Waals surface area contributed by atoms with Gasteiger partial charge in [-0.1, -0.05) is 0 Å². The Balaban J connectivity index is 3.26. The van der Waals surface area contributed by atoms with E-state index in [1.54, 1.807) is 0 Å². The molecule has 0 amide bonds. The highest BCUT2D eigenvalue weighted by molar-refractivity contribution is 14.1. The Labute approximate surface area is 111 Å². The molecule has 1 aromatic heterocycles. The van der Waals surface area contributed by atoms with Crippen LogP contribution >= 0.6 is 34.2 Å². The highest BCUT2D eigenvalue weighted by atomic mass is 127. The van der Waals surface area contributed by atoms with Gasteiger partial charge in [0, 0.05) is 5.56 Å². The molecule has 1 rings (SSSR count). The minimum atomic E-state index is -4.90. The molecule has 10 heteroatoms. The Morgan fingerprint density at radius 2 is 2.18 bits per heavy atom. The molecule has 0 spiro atoms. The van der Waals surface area contributed by atoms with Gasteiger partial charge in [-0.25, -0.2) is 0 Å². The van der Waals surface area contributed by atoms with E-state index in [1.807, 2.05) is 0 Å². The Kier molecular flexibility index (Phi) is 4.36. The van der Waals surface area contributed by atoms with Gasteiger partial charge in [-0.15, -0.1) is 24.8 Å². The maximum absolute atomic E-state index is 12.0. The van der Waals surface area contributed by atoms with Crippen molar-refractivity contribution >= 4 is 40.0 Å². The molecule has 0 aliphatic rings. The minimum Gasteiger partial charge on any atom is -0.401 e. The predicted octanol–water partition coefficient (Wildman–Crippen LogP) is 3.23. The molecule has 0 N–H and O–H groups in total. The van der Waals surface area contributed by atoms with Crippen molar-refractivity contribution < 1.29 is 22.8 Å². The second-order valence-electron chi connectivity index (χ2n) is 2.68. The number of hydrogen-bond donors (Lipinski definition) is 0. The van der Waals surface area contributed by atoms with E-state index >= 15 is 0 Å². The van der Waals surface area contributed by atoms with E-state index < -0.39 is 22.9 Å². The molecular formula is C7H3ClF3IN2O3. The summed E-state index contributed by atoms with van der Waals surface area (Å²) < 4.78 is 39.6. The van der Waals surface area contributed by atoms with Gasteiger partial charge in [0.1, 0.15) is 3.57 Å². The average molecular weight is 382 g/mol. The number of rotatable bonds is 3. The van der Waals surface area contributed by atoms with Gasteiger partial charge >= 0.3 is 12.2 Å². The lowest BCUT2D eigenvalue weighted by atomic mass is 10.2. The van der Waals surface area contributed by atoms with E-state index in [2.05, 4.69) is 9.72 Å². The second-order valence-corrected chi connectivity index (χ2v) is 4.02. The molecule has 0 radical (unpaired) electrons. The molecule has 94 valence electrons. The molecule has 1 heterocycles. The van der Waals surface area contributed by atoms with Gasteiger partial charge < -0.3 is 14.9 Å². The van der Waals surface area contributed by atoms with Crippen molar-refractivity contribution in [3.63, 3.8) is 0 Å². The quantitative estimate of drug-likeness (QED) is 0.348. The number of hydrogen-bond acceptors (Lipinski definition) is 4. The number of pyridine rings is 1. The number of alkyl halides is 4. The lowest BCUT2D eigenvalue weighted by Crippen LogP contribution is -2.18. The minimum absolute atomic E-state index is 0.0793. The molecule has 17 heavy (non-hydrogen) atoms. The summed E-state index contributed by atoms with van der Waals surface area (Å²) in [6, 6.07) is 0. The smallest absolute Gasteiger partial charge is 0.401 e. The fraction of sp³-hybridized carbons (Fsp3) is 0.286. The summed E-state index contributed by atoms with van der Waals surface area (Å²) in [6.45, 7) is 0. The van der Waals surface area contributed by atoms with Crippen LogP contribution in [0, 0.1) is 13.7 Å². The van der Waals surface area contributed by atoms with Crippen molar-refractivity contribution in [2.75, 3.05) is 0 Å². The van der Waals surface area contributed by atoms with Crippen LogP contribution in [0.3, 0.4) is 0 Å². The van der Waals surface area contributed by atoms with Gasteiger partial charge in [-0.2, -0.15) is 0 Å². The third-order valence-electron chi connectivity index (χ3n) is 1.60. The SMILES string of the molecule is O=[N+]([O-])c1ncc(OC(F)(F)F)c(CCl)c1I. The Bertz CT molecular complexity index is 455. The molecule has 0 aliphatic carbocycles. The van der Waals surface area contributed by atoms with E-state index in [9.17, 15) is 23.3 Å². The van der Waals surface area contributed by atoms with Gasteiger partial charge in [-0.05, 0) is 32.5 Å². The third-order valence-corrected chi connectivity index (χ3v) is 3.00. The van der Waals surface area contributed by atoms with Crippen LogP contribution in [0.5, 0.6) is 5.75 Å². The fourth-order valence-electron chi connectivity index (χ4n) is 0.962. The third kappa shape index (κ3) is 3.56. The maximum Gasteiger partial charge on any atom is 0.573 e. The molecular weight excluding hydrogens is 379 g/mol. The van der Waals surface area contributed by atoms with Crippen molar-refractivity contribution in [3.8, 4) is 5.75 Å². The van der Waals surface area contributed by atoms with Crippen LogP contribution in [0.1, 0.15) is 5.56 Å². The summed E-state index contributed by atoms with van der Waals surface area (Å²) in [7, 11) is 0. The maximum atomic E-state index is 12.0. The van der Waals surface area contributed by atoms with E-state index in [1.165, 1.54) is 22.6 Å². The molecule has 0 saturated heterocycles. The molecule has 0 atom stereocenters. The summed E-state index contributed by atoms with van der Waals surface area (Å²) in [5.74, 6) is -1.55. The van der Waals surface area contributed by atoms with Gasteiger partial charge in [-0.3, -0.25) is 0 Å². The summed E-state index contributed by atoms with van der Waals surface area (Å²) in [4.78, 5) is 13.0. The van der Waals surface area contributed by atoms with Gasteiger partial charge in [0.15, 0.2) is 11.9 Å². The number of nitro groups is 1. The highest BCUT2D eigenvalue weighted by Gasteiger charge is 2.34. The Hall–Kier alpha value is -0.840. The number of ether oxygens (including phenoxy) is 1. The zero-order valence-corrected chi connectivity index (χ0v) is 10.7. The zero-order chi connectivity index (χ0) is 13.2. The number of nitrogens with zero attached hydrogens (tertiary/aromatic N) is 2. The molecule has 1 aromatic rings. The van der Waals surface area contributed by atoms with E-state index in [-0.39, 0.29) is 15.0 Å². The average Bonchev–Trinajstić information content (AvgIpc) is 2.15. The van der Waals surface area contributed by atoms with Gasteiger partial charge in [0.2, 0.25) is 0 Å². The molecule has 5 nitrogen and oxygen atoms in total. The largest absolute Gasteiger partial charge is 0.573 e. The first-order valence-electron chi connectivity index (χ1n) is 3.89. The number of aromatic nitrogens is 1. The summed E-state index contributed by atoms with van der Waals surface area (Å²) in [6.07, 6.45) is -4.27. The Morgan fingerprint density at radius 1 is 1.59 bits per heavy atom. The molecule has 0 unspecified atom stereocenters. The van der Waals surface area contributed by atoms with Crippen molar-refractivity contribution in [1.82, 2.24) is 4.98 Å². The van der Waals surface area contributed by atoms with Crippen LogP contribution in [0.25, 0.3) is 0 Å². The van der Waals surface area contributed by atoms with Crippen molar-refractivity contribution in [1.29, 1.82) is 0 Å². The molecule has 0 fully saturated rings. The molecule has 0 aliphatic heterocycles. The normalized spacial score (nSPS) is 11.4. The van der Waals surface area contributed by atoms with E-state index in [0.29, 0.717) is 6.20 Å². The molecule has 0 aromatic carbocycles. The van der Waals surface area contributed by atoms with E-state index in [0.717, 1.165) is 0 Å². The number of halogens is 5. The predicted molar refractivity (Wildman–Crippen MR) is 59.8 cm³/mol. The van der Waals surface area contributed by atoms with Crippen LogP contribution in [0.15, 0.2) is 6.20 Å². The van der Waals surface area contributed by atoms with Crippen LogP contribution < -0.4 is 4.74 Å². The summed E-state index contributed by atoms with van der Waals surface area (Å²) in [5.41, 5.74) is -0.119. The summed E-state index contributed by atoms with van der Waals surface area (Å²) in [5, 5.41) is 10.5. The van der Waals surface area contributed by atoms with Gasteiger partial charge in [0.05, 0.1) is 5.88 Å². The van der Waals surface area contributed by atoms with Crippen molar-refractivity contribution in [2.24, 2.45) is 0 Å². The topological polar surface area (TPSA) is 65.3 Å². The summed E-state index contributed by atoms with van der Waals surface area (Å²) >= 11 is 6.94. The first kappa shape index (κ1) is 14.2. The van der Waals surface area contributed by atoms with Crippen LogP contribution in [0.2, 0.25) is 0 Å². The van der Waals surface area contributed by atoms with Gasteiger partial charge in [0.25, 0.3) is 0 Å². The first-order valence-corrected chi connectivity index (χ1v) is 5.51. The van der Waals surface area contributed by atoms with Crippen LogP contribution in [-0.2, 0) is 5.88 Å². The van der Waals surface area contributed by atoms with Crippen molar-refractivity contribution in [2.45, 2.75) is 12.2 Å². The zero-order valence-electron chi connectivity index (χ0n) is 7.79. The molecule has 0 saturated carbocycles. The standard InChI is InChI=1S/C7H3ClF3IN2O3/c8-1-3-4(17-7(9,10)11)2-13-6(5(3)12)14(15)16/h2H,1H2. The lowest BCUT2D eigenvalue weighted by Gasteiger charge is -2.11. The van der Waals surface area contributed by atoms with Crippen LogP contribution in [-0.4, -0.2) is 16.3 Å². The lowest BCUT2D eigenvalue weighted by molar-refractivity contribution is -0.390. The van der Waals surface area contributed by atoms with Crippen molar-refractivity contribution in [3.05, 3.63) is 25.4 Å².